The Hall–Kier alpha value is -2.24. The molecule has 22 heavy (non-hydrogen) atoms. The Labute approximate surface area is 127 Å². The fourth-order valence-electron chi connectivity index (χ4n) is 4.14. The second-order valence-electron chi connectivity index (χ2n) is 6.62. The van der Waals surface area contributed by atoms with E-state index in [-0.39, 0.29) is 12.4 Å². The maximum atomic E-state index is 12.9. The molecule has 1 saturated heterocycles. The first-order valence-electron chi connectivity index (χ1n) is 7.81. The van der Waals surface area contributed by atoms with E-state index in [1.54, 1.807) is 0 Å². The highest BCUT2D eigenvalue weighted by molar-refractivity contribution is 6.11. The molecular formula is C16H17N3O3. The molecule has 3 heterocycles. The number of carbonyl (C=O) groups is 2. The van der Waals surface area contributed by atoms with Crippen LogP contribution in [0.2, 0.25) is 0 Å². The van der Waals surface area contributed by atoms with E-state index in [1.165, 1.54) is 12.1 Å². The van der Waals surface area contributed by atoms with Crippen LogP contribution in [0.5, 0.6) is 0 Å². The topological polar surface area (TPSA) is 77.3 Å². The van der Waals surface area contributed by atoms with Crippen molar-refractivity contribution in [3.05, 3.63) is 34.3 Å². The monoisotopic (exact) mass is 299 g/mol. The van der Waals surface area contributed by atoms with Gasteiger partial charge in [-0.2, -0.15) is 0 Å². The highest BCUT2D eigenvalue weighted by atomic mass is 16.5. The maximum absolute atomic E-state index is 12.9. The standard InChI is InChI=1S/C16H17N3O3/c17-16(21)22-7-10-13-11(19-6-8-5-9(8)14(10)19)1-2-12(15(13)20)18-3-4-18/h2,8-9H,1,3-7H2,(H2,17,21). The van der Waals surface area contributed by atoms with Crippen LogP contribution in [0.3, 0.4) is 0 Å². The first kappa shape index (κ1) is 12.3. The number of carbonyl (C=O) groups excluding carboxylic acids is 2. The molecule has 0 aromatic carbocycles. The number of aromatic nitrogens is 1. The van der Waals surface area contributed by atoms with Gasteiger partial charge in [0.15, 0.2) is 0 Å². The highest BCUT2D eigenvalue weighted by Gasteiger charge is 2.50. The van der Waals surface area contributed by atoms with Crippen LogP contribution < -0.4 is 5.73 Å². The number of ketones is 1. The lowest BCUT2D eigenvalue weighted by Gasteiger charge is -2.17. The number of nitrogens with zero attached hydrogens (tertiary/aromatic N) is 2. The average Bonchev–Trinajstić information content (AvgIpc) is 3.38. The van der Waals surface area contributed by atoms with Gasteiger partial charge in [0, 0.05) is 48.9 Å². The number of hydrogen-bond donors (Lipinski definition) is 1. The lowest BCUT2D eigenvalue weighted by Crippen LogP contribution is -2.20. The number of fused-ring (bicyclic) bond motifs is 5. The van der Waals surface area contributed by atoms with E-state index in [1.807, 2.05) is 6.08 Å². The molecule has 1 saturated carbocycles. The molecule has 1 aromatic heterocycles. The van der Waals surface area contributed by atoms with Gasteiger partial charge in [-0.3, -0.25) is 4.79 Å². The third-order valence-corrected chi connectivity index (χ3v) is 5.30. The van der Waals surface area contributed by atoms with Gasteiger partial charge in [-0.15, -0.1) is 0 Å². The van der Waals surface area contributed by atoms with Crippen molar-refractivity contribution in [3.8, 4) is 0 Å². The average molecular weight is 299 g/mol. The lowest BCUT2D eigenvalue weighted by molar-refractivity contribution is 0.100. The van der Waals surface area contributed by atoms with E-state index < -0.39 is 6.09 Å². The smallest absolute Gasteiger partial charge is 0.404 e. The van der Waals surface area contributed by atoms with E-state index in [9.17, 15) is 9.59 Å². The molecule has 6 nitrogen and oxygen atoms in total. The van der Waals surface area contributed by atoms with E-state index in [0.717, 1.165) is 48.6 Å². The number of primary amides is 1. The second kappa shape index (κ2) is 3.94. The minimum atomic E-state index is -0.788. The Kier molecular flexibility index (Phi) is 2.21. The quantitative estimate of drug-likeness (QED) is 0.849. The minimum absolute atomic E-state index is 0.0842. The third-order valence-electron chi connectivity index (χ3n) is 5.30. The zero-order chi connectivity index (χ0) is 15.0. The van der Waals surface area contributed by atoms with Gasteiger partial charge in [-0.1, -0.05) is 6.08 Å². The summed E-state index contributed by atoms with van der Waals surface area (Å²) in [7, 11) is 0. The van der Waals surface area contributed by atoms with Crippen LogP contribution in [0.15, 0.2) is 11.8 Å². The van der Waals surface area contributed by atoms with Crippen LogP contribution in [0.1, 0.15) is 39.6 Å². The number of nitrogens with two attached hydrogens (primary N) is 1. The number of Topliss-reactive ketones (excluding diaryl/α,β-unsaturated/α-hetero) is 1. The third kappa shape index (κ3) is 1.55. The SMILES string of the molecule is NC(=O)OCc1c2c(n3c1C1CC1C3)CC=C(N1CC1)C2=O. The van der Waals surface area contributed by atoms with Crippen molar-refractivity contribution >= 4 is 11.9 Å². The van der Waals surface area contributed by atoms with Crippen molar-refractivity contribution in [2.45, 2.75) is 31.9 Å². The van der Waals surface area contributed by atoms with Crippen LogP contribution in [0.4, 0.5) is 4.79 Å². The first-order valence-corrected chi connectivity index (χ1v) is 7.81. The molecule has 114 valence electrons. The Balaban J connectivity index is 1.61. The zero-order valence-electron chi connectivity index (χ0n) is 12.2. The summed E-state index contributed by atoms with van der Waals surface area (Å²) in [5.41, 5.74) is 9.91. The molecule has 0 radical (unpaired) electrons. The van der Waals surface area contributed by atoms with Gasteiger partial charge in [0.25, 0.3) is 0 Å². The van der Waals surface area contributed by atoms with E-state index in [2.05, 4.69) is 9.47 Å². The number of allylic oxidation sites excluding steroid dienone is 2. The van der Waals surface area contributed by atoms with E-state index in [0.29, 0.717) is 11.8 Å². The molecule has 2 unspecified atom stereocenters. The maximum Gasteiger partial charge on any atom is 0.404 e. The van der Waals surface area contributed by atoms with Crippen molar-refractivity contribution in [1.82, 2.24) is 9.47 Å². The number of amides is 1. The molecular weight excluding hydrogens is 282 g/mol. The second-order valence-corrected chi connectivity index (χ2v) is 6.62. The van der Waals surface area contributed by atoms with Crippen molar-refractivity contribution in [1.29, 1.82) is 0 Å². The predicted molar refractivity (Wildman–Crippen MR) is 77.3 cm³/mol. The molecule has 4 aliphatic rings. The van der Waals surface area contributed by atoms with Crippen LogP contribution in [-0.2, 0) is 24.3 Å². The molecule has 1 aromatic rings. The van der Waals surface area contributed by atoms with Crippen molar-refractivity contribution in [2.75, 3.05) is 13.1 Å². The summed E-state index contributed by atoms with van der Waals surface area (Å²) < 4.78 is 7.34. The molecule has 6 heteroatoms. The van der Waals surface area contributed by atoms with Gasteiger partial charge in [0.1, 0.15) is 6.61 Å². The summed E-state index contributed by atoms with van der Waals surface area (Å²) in [5.74, 6) is 1.33. The Bertz CT molecular complexity index is 757. The lowest BCUT2D eigenvalue weighted by atomic mass is 9.95. The fourth-order valence-corrected chi connectivity index (χ4v) is 4.14. The molecule has 2 aliphatic carbocycles. The number of hydrogen-bond acceptors (Lipinski definition) is 4. The molecule has 5 rings (SSSR count). The summed E-state index contributed by atoms with van der Waals surface area (Å²) in [6, 6.07) is 0. The molecule has 2 atom stereocenters. The van der Waals surface area contributed by atoms with Gasteiger partial charge in [-0.25, -0.2) is 4.79 Å². The molecule has 2 N–H and O–H groups in total. The minimum Gasteiger partial charge on any atom is -0.445 e. The predicted octanol–water partition coefficient (Wildman–Crippen LogP) is 1.14. The molecule has 1 amide bonds. The molecule has 0 spiro atoms. The van der Waals surface area contributed by atoms with Crippen LogP contribution in [-0.4, -0.2) is 34.4 Å². The van der Waals surface area contributed by atoms with Crippen LogP contribution in [0.25, 0.3) is 0 Å². The van der Waals surface area contributed by atoms with Gasteiger partial charge in [0.2, 0.25) is 5.78 Å². The Morgan fingerprint density at radius 1 is 1.41 bits per heavy atom. The number of rotatable bonds is 3. The van der Waals surface area contributed by atoms with Crippen molar-refractivity contribution in [3.63, 3.8) is 0 Å². The van der Waals surface area contributed by atoms with Crippen molar-refractivity contribution < 1.29 is 14.3 Å². The van der Waals surface area contributed by atoms with Gasteiger partial charge >= 0.3 is 6.09 Å². The van der Waals surface area contributed by atoms with Gasteiger partial charge < -0.3 is 19.9 Å². The zero-order valence-corrected chi connectivity index (χ0v) is 12.2. The van der Waals surface area contributed by atoms with Crippen molar-refractivity contribution in [2.24, 2.45) is 11.7 Å². The van der Waals surface area contributed by atoms with Crippen LogP contribution >= 0.6 is 0 Å². The van der Waals surface area contributed by atoms with E-state index >= 15 is 0 Å². The largest absolute Gasteiger partial charge is 0.445 e. The van der Waals surface area contributed by atoms with Gasteiger partial charge in [-0.05, 0) is 12.3 Å². The summed E-state index contributed by atoms with van der Waals surface area (Å²) in [4.78, 5) is 26.0. The van der Waals surface area contributed by atoms with Crippen LogP contribution in [0, 0.1) is 5.92 Å². The molecule has 2 fully saturated rings. The fraction of sp³-hybridized carbons (Fsp3) is 0.500. The first-order chi connectivity index (χ1) is 10.6. The summed E-state index contributed by atoms with van der Waals surface area (Å²) in [6.45, 7) is 3.03. The Morgan fingerprint density at radius 2 is 2.23 bits per heavy atom. The highest BCUT2D eigenvalue weighted by Crippen LogP contribution is 2.57. The van der Waals surface area contributed by atoms with E-state index in [4.69, 9.17) is 10.5 Å². The Morgan fingerprint density at radius 3 is 2.95 bits per heavy atom. The molecule has 0 bridgehead atoms. The summed E-state index contributed by atoms with van der Waals surface area (Å²) in [6.07, 6.45) is 3.24. The normalized spacial score (nSPS) is 27.0. The molecule has 2 aliphatic heterocycles. The summed E-state index contributed by atoms with van der Waals surface area (Å²) >= 11 is 0. The summed E-state index contributed by atoms with van der Waals surface area (Å²) in [5, 5.41) is 0. The number of ether oxygens (including phenoxy) is 1. The van der Waals surface area contributed by atoms with Gasteiger partial charge in [0.05, 0.1) is 11.3 Å².